The van der Waals surface area contributed by atoms with Crippen LogP contribution in [-0.2, 0) is 62.0 Å². The minimum atomic E-state index is -1.82. The van der Waals surface area contributed by atoms with Gasteiger partial charge in [0.05, 0.1) is 55.9 Å². The molecule has 16 nitrogen and oxygen atoms in total. The van der Waals surface area contributed by atoms with Gasteiger partial charge in [0, 0.05) is 42.3 Å². The molecule has 0 saturated heterocycles. The molecule has 3 unspecified atom stereocenters. The Labute approximate surface area is 376 Å². The molecule has 0 saturated carbocycles. The van der Waals surface area contributed by atoms with Gasteiger partial charge in [0.1, 0.15) is 50.4 Å². The van der Waals surface area contributed by atoms with Crippen LogP contribution in [0.2, 0.25) is 0 Å². The number of hydrogen-bond acceptors (Lipinski definition) is 16. The molecule has 3 N–H and O–H groups in total. The number of esters is 6. The van der Waals surface area contributed by atoms with E-state index in [4.69, 9.17) is 19.9 Å². The molecule has 364 valence electrons. The van der Waals surface area contributed by atoms with Gasteiger partial charge in [0.2, 0.25) is 0 Å². The molecule has 1 heterocycles. The number of alkyl halides is 4. The zero-order valence-electron chi connectivity index (χ0n) is 37.4. The second-order valence-electron chi connectivity index (χ2n) is 13.0. The lowest BCUT2D eigenvalue weighted by atomic mass is 9.77. The van der Waals surface area contributed by atoms with Crippen LogP contribution in [0.3, 0.4) is 0 Å². The van der Waals surface area contributed by atoms with Crippen LogP contribution >= 0.6 is 0 Å². The van der Waals surface area contributed by atoms with Crippen molar-refractivity contribution in [1.82, 2.24) is 5.32 Å². The molecule has 0 bridgehead atoms. The maximum absolute atomic E-state index is 14.6. The van der Waals surface area contributed by atoms with Crippen LogP contribution in [0, 0.1) is 11.6 Å². The lowest BCUT2D eigenvalue weighted by Gasteiger charge is -2.32. The Kier molecular flexibility index (Phi) is 27.7. The van der Waals surface area contributed by atoms with E-state index < -0.39 is 97.0 Å². The Balaban J connectivity index is 0.00000101. The Bertz CT molecular complexity index is 2120. The number of hydrogen-bond donors (Lipinski definition) is 2. The number of benzene rings is 2. The lowest BCUT2D eigenvalue weighted by Crippen LogP contribution is -2.36. The summed E-state index contributed by atoms with van der Waals surface area (Å²) in [4.78, 5) is 89.4. The Morgan fingerprint density at radius 2 is 1.30 bits per heavy atom. The Hall–Kier alpha value is -7.00. The average Bonchev–Trinajstić information content (AvgIpc) is 3.26. The highest BCUT2D eigenvalue weighted by Crippen LogP contribution is 2.43. The first kappa shape index (κ1) is 59.0. The van der Waals surface area contributed by atoms with E-state index in [9.17, 15) is 64.7 Å². The summed E-state index contributed by atoms with van der Waals surface area (Å²) in [6, 6.07) is 7.54. The smallest absolute Gasteiger partial charge is 0.336 e. The van der Waals surface area contributed by atoms with E-state index >= 15 is 0 Å². The van der Waals surface area contributed by atoms with Gasteiger partial charge in [-0.3, -0.25) is 24.0 Å². The predicted molar refractivity (Wildman–Crippen MR) is 222 cm³/mol. The summed E-state index contributed by atoms with van der Waals surface area (Å²) < 4.78 is 108. The van der Waals surface area contributed by atoms with E-state index in [1.807, 2.05) is 0 Å². The second-order valence-corrected chi connectivity index (χ2v) is 13.0. The summed E-state index contributed by atoms with van der Waals surface area (Å²) in [6.45, 7) is 5.10. The SMILES string of the molecule is CC(F)c1c(F)cccc1C=O.CCOC(=O)C1=C(COC(C)=O)NC(CF)=C(C(=O)OC)C1c1cccc(F)c1C(C)F.CCOC(=O)CC(=O)COC(C)=O.COC(=O)/C=C(\N)CF. The number of carbonyl (C=O) groups excluding carboxylic acids is 8. The predicted octanol–water partition coefficient (Wildman–Crippen LogP) is 6.03. The molecule has 0 spiro atoms. The van der Waals surface area contributed by atoms with E-state index in [1.165, 1.54) is 52.1 Å². The fraction of sp³-hybridized carbons (Fsp3) is 0.409. The van der Waals surface area contributed by atoms with E-state index in [0.717, 1.165) is 39.2 Å². The van der Waals surface area contributed by atoms with Crippen LogP contribution in [0.25, 0.3) is 0 Å². The number of rotatable bonds is 17. The summed E-state index contributed by atoms with van der Waals surface area (Å²) in [5.41, 5.74) is 3.26. The highest BCUT2D eigenvalue weighted by Gasteiger charge is 2.42. The van der Waals surface area contributed by atoms with Crippen LogP contribution in [0.5, 0.6) is 0 Å². The molecule has 2 aromatic rings. The van der Waals surface area contributed by atoms with E-state index in [0.29, 0.717) is 6.29 Å². The van der Waals surface area contributed by atoms with E-state index in [-0.39, 0.29) is 71.2 Å². The average molecular weight is 947 g/mol. The van der Waals surface area contributed by atoms with Gasteiger partial charge in [-0.25, -0.2) is 40.7 Å². The maximum atomic E-state index is 14.6. The van der Waals surface area contributed by atoms with Crippen LogP contribution in [0.15, 0.2) is 70.7 Å². The van der Waals surface area contributed by atoms with Crippen molar-refractivity contribution < 1.29 is 93.1 Å². The van der Waals surface area contributed by atoms with Crippen molar-refractivity contribution in [1.29, 1.82) is 0 Å². The molecule has 3 rings (SSSR count). The number of ketones is 1. The molecular formula is C44H52F6N2O14. The highest BCUT2D eigenvalue weighted by atomic mass is 19.2. The highest BCUT2D eigenvalue weighted by molar-refractivity contribution is 6.00. The first-order valence-electron chi connectivity index (χ1n) is 19.5. The number of carbonyl (C=O) groups is 8. The molecular weight excluding hydrogens is 894 g/mol. The quantitative estimate of drug-likeness (QED) is 0.0460. The van der Waals surface area contributed by atoms with Crippen molar-refractivity contribution in [2.75, 3.05) is 54.0 Å². The minimum Gasteiger partial charge on any atom is -0.466 e. The fourth-order valence-corrected chi connectivity index (χ4v) is 5.47. The molecule has 0 radical (unpaired) electrons. The van der Waals surface area contributed by atoms with Crippen LogP contribution in [-0.4, -0.2) is 102 Å². The summed E-state index contributed by atoms with van der Waals surface area (Å²) in [5.74, 6) is -7.90. The Morgan fingerprint density at radius 3 is 1.76 bits per heavy atom. The van der Waals surface area contributed by atoms with Gasteiger partial charge in [-0.2, -0.15) is 0 Å². The summed E-state index contributed by atoms with van der Waals surface area (Å²) in [6.07, 6.45) is -2.27. The van der Waals surface area contributed by atoms with Gasteiger partial charge in [0.25, 0.3) is 0 Å². The third kappa shape index (κ3) is 19.8. The third-order valence-corrected chi connectivity index (χ3v) is 8.13. The number of ether oxygens (including phenoxy) is 6. The van der Waals surface area contributed by atoms with Gasteiger partial charge in [-0.1, -0.05) is 24.3 Å². The number of nitrogens with two attached hydrogens (primary N) is 1. The van der Waals surface area contributed by atoms with Crippen molar-refractivity contribution in [3.63, 3.8) is 0 Å². The number of halogens is 6. The third-order valence-electron chi connectivity index (χ3n) is 8.13. The zero-order valence-corrected chi connectivity index (χ0v) is 37.4. The van der Waals surface area contributed by atoms with Crippen molar-refractivity contribution in [3.05, 3.63) is 105 Å². The van der Waals surface area contributed by atoms with E-state index in [1.54, 1.807) is 6.92 Å². The Morgan fingerprint density at radius 1 is 0.758 bits per heavy atom. The summed E-state index contributed by atoms with van der Waals surface area (Å²) >= 11 is 0. The topological polar surface area (TPSA) is 230 Å². The van der Waals surface area contributed by atoms with E-state index in [2.05, 4.69) is 19.5 Å². The van der Waals surface area contributed by atoms with Crippen LogP contribution < -0.4 is 11.1 Å². The fourth-order valence-electron chi connectivity index (χ4n) is 5.47. The first-order chi connectivity index (χ1) is 31.1. The zero-order chi connectivity index (χ0) is 50.7. The van der Waals surface area contributed by atoms with Gasteiger partial charge in [-0.15, -0.1) is 0 Å². The number of nitrogens with one attached hydrogen (secondary N) is 1. The van der Waals surface area contributed by atoms with Gasteiger partial charge < -0.3 is 39.5 Å². The van der Waals surface area contributed by atoms with Gasteiger partial charge in [0.15, 0.2) is 18.7 Å². The van der Waals surface area contributed by atoms with Crippen molar-refractivity contribution in [3.8, 4) is 0 Å². The molecule has 0 fully saturated rings. The standard InChI is InChI=1S/C22H24F3NO6.C9H8F2O.C8H12O5.C5H8FNO2/c1-5-31-22(29)20-16(10-32-12(3)27)26-15(9-23)19(21(28)30-4)18(20)13-7-6-8-14(25)17(13)11(2)24;1-6(10)9-7(5-12)3-2-4-8(9)11;1-3-12-8(11)4-7(10)5-13-6(2)9;1-9-5(8)2-4(7)3-6/h6-8,11,18,26H,5,9-10H2,1-4H3;2-6H,1H3;3-5H2,1-2H3;2H,3,7H2,1H3/b;;;4-2-. The van der Waals surface area contributed by atoms with Gasteiger partial charge in [-0.05, 0) is 45.4 Å². The molecule has 22 heteroatoms. The largest absolute Gasteiger partial charge is 0.466 e. The molecule has 0 aliphatic carbocycles. The molecule has 3 atom stereocenters. The lowest BCUT2D eigenvalue weighted by molar-refractivity contribution is -0.151. The number of Topliss-reactive ketones (excluding diaryl/α,β-unsaturated/α-hetero) is 1. The molecule has 1 aliphatic heterocycles. The monoisotopic (exact) mass is 946 g/mol. The summed E-state index contributed by atoms with van der Waals surface area (Å²) in [7, 11) is 2.25. The van der Waals surface area contributed by atoms with Crippen LogP contribution in [0.1, 0.15) is 93.3 Å². The van der Waals surface area contributed by atoms with Gasteiger partial charge >= 0.3 is 35.8 Å². The first-order valence-corrected chi connectivity index (χ1v) is 19.5. The number of allylic oxidation sites excluding steroid dienone is 2. The molecule has 0 aromatic heterocycles. The summed E-state index contributed by atoms with van der Waals surface area (Å²) in [5, 5.41) is 2.59. The number of methoxy groups -OCH3 is 2. The molecule has 0 amide bonds. The maximum Gasteiger partial charge on any atom is 0.336 e. The molecule has 1 aliphatic rings. The normalized spacial score (nSPS) is 13.8. The van der Waals surface area contributed by atoms with Crippen molar-refractivity contribution in [2.24, 2.45) is 5.73 Å². The molecule has 2 aromatic carbocycles. The number of dihydropyridines is 1. The van der Waals surface area contributed by atoms with Crippen molar-refractivity contribution in [2.45, 2.75) is 66.2 Å². The minimum absolute atomic E-state index is 0.0569. The van der Waals surface area contributed by atoms with Crippen molar-refractivity contribution >= 4 is 47.9 Å². The van der Waals surface area contributed by atoms with Crippen LogP contribution in [0.4, 0.5) is 26.3 Å². The number of aldehydes is 1. The molecule has 66 heavy (non-hydrogen) atoms. The second kappa shape index (κ2) is 31.0.